The molecule has 0 unspecified atom stereocenters. The van der Waals surface area contributed by atoms with Gasteiger partial charge in [-0.3, -0.25) is 0 Å². The Morgan fingerprint density at radius 3 is 2.32 bits per heavy atom. The lowest BCUT2D eigenvalue weighted by molar-refractivity contribution is -0.148. The summed E-state index contributed by atoms with van der Waals surface area (Å²) in [5.74, 6) is -0.242. The van der Waals surface area contributed by atoms with Gasteiger partial charge in [0.2, 0.25) is 0 Å². The third-order valence-corrected chi connectivity index (χ3v) is 3.57. The molecule has 1 N–H and O–H groups in total. The molecule has 1 atom stereocenters. The van der Waals surface area contributed by atoms with Crippen LogP contribution in [0.3, 0.4) is 0 Å². The fourth-order valence-corrected chi connectivity index (χ4v) is 2.58. The Balaban J connectivity index is 2.69. The molecule has 1 heterocycles. The fourth-order valence-electron chi connectivity index (χ4n) is 2.07. The standard InChI is InChI=1S/C19H28Cl2N2O5/c1-12(2)10-26-7-6-14(22-18(25)28-19(3,4)5)17(24)27-11-13-8-15(20)23-16(21)9-13/h8-9,12,14H,6-7,10-11H2,1-5H3,(H,22,25)/t14-/m0/s1. The van der Waals surface area contributed by atoms with Crippen molar-refractivity contribution in [2.45, 2.75) is 59.3 Å². The molecule has 0 fully saturated rings. The summed E-state index contributed by atoms with van der Waals surface area (Å²) in [6.45, 7) is 10.1. The molecule has 0 radical (unpaired) electrons. The van der Waals surface area contributed by atoms with Crippen LogP contribution in [0.15, 0.2) is 12.1 Å². The molecular weight excluding hydrogens is 407 g/mol. The number of nitrogens with one attached hydrogen (secondary N) is 1. The second-order valence-corrected chi connectivity index (χ2v) is 8.46. The first-order chi connectivity index (χ1) is 13.0. The molecule has 1 rings (SSSR count). The van der Waals surface area contributed by atoms with Crippen molar-refractivity contribution in [3.63, 3.8) is 0 Å². The second-order valence-electron chi connectivity index (χ2n) is 7.68. The van der Waals surface area contributed by atoms with Gasteiger partial charge in [0.25, 0.3) is 0 Å². The lowest BCUT2D eigenvalue weighted by Gasteiger charge is -2.23. The van der Waals surface area contributed by atoms with Gasteiger partial charge in [-0.2, -0.15) is 0 Å². The molecule has 0 aliphatic heterocycles. The zero-order valence-corrected chi connectivity index (χ0v) is 18.4. The Morgan fingerprint density at radius 2 is 1.79 bits per heavy atom. The van der Waals surface area contributed by atoms with Gasteiger partial charge in [-0.15, -0.1) is 0 Å². The highest BCUT2D eigenvalue weighted by molar-refractivity contribution is 6.32. The second kappa shape index (κ2) is 11.4. The number of ether oxygens (including phenoxy) is 3. The summed E-state index contributed by atoms with van der Waals surface area (Å²) in [5, 5.41) is 2.94. The molecule has 0 saturated carbocycles. The molecule has 28 heavy (non-hydrogen) atoms. The summed E-state index contributed by atoms with van der Waals surface area (Å²) in [7, 11) is 0. The molecule has 1 aromatic rings. The molecule has 0 aliphatic carbocycles. The summed E-state index contributed by atoms with van der Waals surface area (Å²) >= 11 is 11.7. The minimum absolute atomic E-state index is 0.0554. The number of alkyl carbamates (subject to hydrolysis) is 1. The lowest BCUT2D eigenvalue weighted by atomic mass is 10.2. The zero-order chi connectivity index (χ0) is 21.3. The molecule has 0 saturated heterocycles. The molecule has 7 nitrogen and oxygen atoms in total. The van der Waals surface area contributed by atoms with E-state index < -0.39 is 23.7 Å². The zero-order valence-electron chi connectivity index (χ0n) is 16.9. The van der Waals surface area contributed by atoms with Crippen molar-refractivity contribution in [3.05, 3.63) is 28.0 Å². The number of esters is 1. The number of halogens is 2. The molecule has 158 valence electrons. The Morgan fingerprint density at radius 1 is 1.18 bits per heavy atom. The number of pyridine rings is 1. The molecule has 0 spiro atoms. The SMILES string of the molecule is CC(C)COCC[C@H](NC(=O)OC(C)(C)C)C(=O)OCc1cc(Cl)nc(Cl)c1. The highest BCUT2D eigenvalue weighted by Gasteiger charge is 2.25. The summed E-state index contributed by atoms with van der Waals surface area (Å²) in [4.78, 5) is 28.4. The normalized spacial score (nSPS) is 12.6. The maximum Gasteiger partial charge on any atom is 0.408 e. The monoisotopic (exact) mass is 434 g/mol. The van der Waals surface area contributed by atoms with Crippen LogP contribution in [0.2, 0.25) is 10.3 Å². The van der Waals surface area contributed by atoms with Crippen LogP contribution in [0.4, 0.5) is 4.79 Å². The van der Waals surface area contributed by atoms with Crippen molar-refractivity contribution < 1.29 is 23.8 Å². The van der Waals surface area contributed by atoms with Crippen LogP contribution >= 0.6 is 23.2 Å². The van der Waals surface area contributed by atoms with Crippen LogP contribution in [0, 0.1) is 5.92 Å². The van der Waals surface area contributed by atoms with Crippen LogP contribution < -0.4 is 5.32 Å². The molecule has 0 aromatic carbocycles. The van der Waals surface area contributed by atoms with Gasteiger partial charge >= 0.3 is 12.1 Å². The van der Waals surface area contributed by atoms with E-state index in [9.17, 15) is 9.59 Å². The number of rotatable bonds is 9. The Hall–Kier alpha value is -1.57. The predicted molar refractivity (Wildman–Crippen MR) is 107 cm³/mol. The Bertz CT molecular complexity index is 642. The average Bonchev–Trinajstić information content (AvgIpc) is 2.52. The number of carbonyl (C=O) groups excluding carboxylic acids is 2. The van der Waals surface area contributed by atoms with Gasteiger partial charge in [0.15, 0.2) is 0 Å². The van der Waals surface area contributed by atoms with Crippen molar-refractivity contribution in [2.24, 2.45) is 5.92 Å². The minimum Gasteiger partial charge on any atom is -0.459 e. The third kappa shape index (κ3) is 10.7. The maximum absolute atomic E-state index is 12.5. The molecule has 1 aromatic heterocycles. The van der Waals surface area contributed by atoms with E-state index in [1.165, 1.54) is 0 Å². The molecule has 9 heteroatoms. The highest BCUT2D eigenvalue weighted by Crippen LogP contribution is 2.16. The van der Waals surface area contributed by atoms with Gasteiger partial charge in [0.05, 0.1) is 0 Å². The van der Waals surface area contributed by atoms with E-state index in [-0.39, 0.29) is 23.3 Å². The van der Waals surface area contributed by atoms with Gasteiger partial charge in [-0.25, -0.2) is 14.6 Å². The van der Waals surface area contributed by atoms with Gasteiger partial charge in [-0.05, 0) is 44.4 Å². The van der Waals surface area contributed by atoms with Crippen molar-refractivity contribution in [1.82, 2.24) is 10.3 Å². The highest BCUT2D eigenvalue weighted by atomic mass is 35.5. The number of carbonyl (C=O) groups is 2. The van der Waals surface area contributed by atoms with Crippen molar-refractivity contribution >= 4 is 35.3 Å². The molecular formula is C19H28Cl2N2O5. The van der Waals surface area contributed by atoms with Gasteiger partial charge < -0.3 is 19.5 Å². The van der Waals surface area contributed by atoms with Crippen LogP contribution in [-0.4, -0.2) is 41.9 Å². The molecule has 0 aliphatic rings. The quantitative estimate of drug-likeness (QED) is 0.352. The van der Waals surface area contributed by atoms with E-state index in [1.54, 1.807) is 32.9 Å². The molecule has 1 amide bonds. The summed E-state index contributed by atoms with van der Waals surface area (Å²) in [6.07, 6.45) is -0.448. The first-order valence-electron chi connectivity index (χ1n) is 9.02. The van der Waals surface area contributed by atoms with Gasteiger partial charge in [0.1, 0.15) is 28.6 Å². The summed E-state index contributed by atoms with van der Waals surface area (Å²) < 4.78 is 16.0. The predicted octanol–water partition coefficient (Wildman–Crippen LogP) is 4.39. The largest absolute Gasteiger partial charge is 0.459 e. The topological polar surface area (TPSA) is 86.8 Å². The van der Waals surface area contributed by atoms with E-state index in [0.717, 1.165) is 0 Å². The third-order valence-electron chi connectivity index (χ3n) is 3.18. The lowest BCUT2D eigenvalue weighted by Crippen LogP contribution is -2.44. The number of aromatic nitrogens is 1. The summed E-state index contributed by atoms with van der Waals surface area (Å²) in [5.41, 5.74) is -0.0950. The first kappa shape index (κ1) is 24.5. The number of hydrogen-bond donors (Lipinski definition) is 1. The van der Waals surface area contributed by atoms with Crippen LogP contribution in [0.25, 0.3) is 0 Å². The van der Waals surface area contributed by atoms with E-state index in [0.29, 0.717) is 24.7 Å². The van der Waals surface area contributed by atoms with Crippen LogP contribution in [0.5, 0.6) is 0 Å². The molecule has 0 bridgehead atoms. The van der Waals surface area contributed by atoms with E-state index in [2.05, 4.69) is 10.3 Å². The number of amides is 1. The first-order valence-corrected chi connectivity index (χ1v) is 9.77. The van der Waals surface area contributed by atoms with Crippen LogP contribution in [-0.2, 0) is 25.6 Å². The average molecular weight is 435 g/mol. The van der Waals surface area contributed by atoms with Crippen molar-refractivity contribution in [3.8, 4) is 0 Å². The Kier molecular flexibility index (Phi) is 9.99. The van der Waals surface area contributed by atoms with Gasteiger partial charge in [0, 0.05) is 19.6 Å². The smallest absolute Gasteiger partial charge is 0.408 e. The number of hydrogen-bond acceptors (Lipinski definition) is 6. The van der Waals surface area contributed by atoms with E-state index >= 15 is 0 Å². The van der Waals surface area contributed by atoms with Crippen molar-refractivity contribution in [2.75, 3.05) is 13.2 Å². The maximum atomic E-state index is 12.5. The van der Waals surface area contributed by atoms with Crippen LogP contribution in [0.1, 0.15) is 46.6 Å². The van der Waals surface area contributed by atoms with Gasteiger partial charge in [-0.1, -0.05) is 37.0 Å². The summed E-state index contributed by atoms with van der Waals surface area (Å²) in [6, 6.07) is 2.18. The number of nitrogens with zero attached hydrogens (tertiary/aromatic N) is 1. The van der Waals surface area contributed by atoms with Crippen molar-refractivity contribution in [1.29, 1.82) is 0 Å². The van der Waals surface area contributed by atoms with E-state index in [4.69, 9.17) is 37.4 Å². The minimum atomic E-state index is -0.908. The fraction of sp³-hybridized carbons (Fsp3) is 0.632. The van der Waals surface area contributed by atoms with E-state index in [1.807, 2.05) is 13.8 Å². The Labute approximate surface area is 176 Å².